The standard InChI is InChI=1S/C16H24N2OS/c1-17-8-9-18(15-5-3-2-4-14(15)17)12-16(13-20)6-10-19-11-7-16/h2-5,20H,6-13H2,1H3. The molecular formula is C16H24N2OS. The van der Waals surface area contributed by atoms with Crippen molar-refractivity contribution in [3.8, 4) is 0 Å². The summed E-state index contributed by atoms with van der Waals surface area (Å²) in [4.78, 5) is 4.90. The Morgan fingerprint density at radius 3 is 2.55 bits per heavy atom. The first-order valence-electron chi connectivity index (χ1n) is 7.48. The Balaban J connectivity index is 1.82. The maximum Gasteiger partial charge on any atom is 0.0604 e. The van der Waals surface area contributed by atoms with Gasteiger partial charge < -0.3 is 14.5 Å². The van der Waals surface area contributed by atoms with E-state index in [9.17, 15) is 0 Å². The molecule has 2 aliphatic heterocycles. The number of para-hydroxylation sites is 2. The summed E-state index contributed by atoms with van der Waals surface area (Å²) < 4.78 is 5.54. The summed E-state index contributed by atoms with van der Waals surface area (Å²) in [6, 6.07) is 8.74. The molecule has 2 aliphatic rings. The van der Waals surface area contributed by atoms with Crippen LogP contribution >= 0.6 is 12.6 Å². The molecule has 3 rings (SSSR count). The van der Waals surface area contributed by atoms with E-state index in [0.29, 0.717) is 5.41 Å². The lowest BCUT2D eigenvalue weighted by molar-refractivity contribution is 0.0296. The molecule has 0 radical (unpaired) electrons. The molecule has 1 fully saturated rings. The molecule has 0 saturated carbocycles. The van der Waals surface area contributed by atoms with Gasteiger partial charge in [-0.25, -0.2) is 0 Å². The lowest BCUT2D eigenvalue weighted by Gasteiger charge is -2.44. The van der Waals surface area contributed by atoms with Gasteiger partial charge in [0, 0.05) is 45.3 Å². The average Bonchev–Trinajstić information content (AvgIpc) is 2.51. The number of hydrogen-bond acceptors (Lipinski definition) is 4. The van der Waals surface area contributed by atoms with Crippen LogP contribution in [0.4, 0.5) is 11.4 Å². The smallest absolute Gasteiger partial charge is 0.0604 e. The van der Waals surface area contributed by atoms with Crippen LogP contribution < -0.4 is 9.80 Å². The molecule has 20 heavy (non-hydrogen) atoms. The van der Waals surface area contributed by atoms with Crippen molar-refractivity contribution < 1.29 is 4.74 Å². The van der Waals surface area contributed by atoms with E-state index in [1.807, 2.05) is 0 Å². The lowest BCUT2D eigenvalue weighted by Crippen LogP contribution is -2.47. The maximum atomic E-state index is 5.54. The van der Waals surface area contributed by atoms with Crippen LogP contribution in [0.2, 0.25) is 0 Å². The second-order valence-electron chi connectivity index (χ2n) is 6.10. The van der Waals surface area contributed by atoms with Crippen LogP contribution in [0, 0.1) is 5.41 Å². The second kappa shape index (κ2) is 5.86. The number of anilines is 2. The van der Waals surface area contributed by atoms with Crippen molar-refractivity contribution in [3.63, 3.8) is 0 Å². The van der Waals surface area contributed by atoms with Crippen LogP contribution in [-0.2, 0) is 4.74 Å². The number of thiol groups is 1. The minimum Gasteiger partial charge on any atom is -0.381 e. The molecule has 0 bridgehead atoms. The lowest BCUT2D eigenvalue weighted by atomic mass is 9.81. The Kier molecular flexibility index (Phi) is 4.13. The summed E-state index contributed by atoms with van der Waals surface area (Å²) in [5.74, 6) is 0.949. The minimum absolute atomic E-state index is 0.310. The number of hydrogen-bond donors (Lipinski definition) is 1. The van der Waals surface area contributed by atoms with Crippen LogP contribution in [0.3, 0.4) is 0 Å². The molecule has 0 spiro atoms. The fraction of sp³-hybridized carbons (Fsp3) is 0.625. The Hall–Kier alpha value is -0.870. The van der Waals surface area contributed by atoms with Crippen molar-refractivity contribution in [2.75, 3.05) is 55.4 Å². The van der Waals surface area contributed by atoms with E-state index in [2.05, 4.69) is 53.7 Å². The molecule has 0 amide bonds. The molecular weight excluding hydrogens is 268 g/mol. The molecule has 2 heterocycles. The fourth-order valence-corrected chi connectivity index (χ4v) is 3.72. The van der Waals surface area contributed by atoms with Gasteiger partial charge in [-0.15, -0.1) is 0 Å². The van der Waals surface area contributed by atoms with Gasteiger partial charge >= 0.3 is 0 Å². The Labute approximate surface area is 127 Å². The van der Waals surface area contributed by atoms with Crippen LogP contribution in [0.15, 0.2) is 24.3 Å². The number of nitrogens with zero attached hydrogens (tertiary/aromatic N) is 2. The third-order valence-electron chi connectivity index (χ3n) is 4.75. The molecule has 1 aromatic rings. The quantitative estimate of drug-likeness (QED) is 0.863. The SMILES string of the molecule is CN1CCN(CC2(CS)CCOCC2)c2ccccc21. The number of benzene rings is 1. The first-order chi connectivity index (χ1) is 9.74. The Bertz CT molecular complexity index is 460. The first kappa shape index (κ1) is 14.1. The van der Waals surface area contributed by atoms with Gasteiger partial charge in [0.25, 0.3) is 0 Å². The molecule has 0 unspecified atom stereocenters. The number of ether oxygens (including phenoxy) is 1. The van der Waals surface area contributed by atoms with Crippen molar-refractivity contribution in [2.24, 2.45) is 5.41 Å². The first-order valence-corrected chi connectivity index (χ1v) is 8.11. The normalized spacial score (nSPS) is 21.7. The number of rotatable bonds is 3. The van der Waals surface area contributed by atoms with Gasteiger partial charge in [-0.1, -0.05) is 12.1 Å². The highest BCUT2D eigenvalue weighted by atomic mass is 32.1. The van der Waals surface area contributed by atoms with E-state index >= 15 is 0 Å². The van der Waals surface area contributed by atoms with E-state index in [0.717, 1.165) is 51.4 Å². The van der Waals surface area contributed by atoms with Crippen LogP contribution in [0.25, 0.3) is 0 Å². The molecule has 3 nitrogen and oxygen atoms in total. The average molecular weight is 292 g/mol. The topological polar surface area (TPSA) is 15.7 Å². The van der Waals surface area contributed by atoms with Gasteiger partial charge in [-0.05, 0) is 30.7 Å². The van der Waals surface area contributed by atoms with E-state index in [-0.39, 0.29) is 0 Å². The number of fused-ring (bicyclic) bond motifs is 1. The van der Waals surface area contributed by atoms with Gasteiger partial charge in [-0.2, -0.15) is 12.6 Å². The van der Waals surface area contributed by atoms with Crippen molar-refractivity contribution in [1.82, 2.24) is 0 Å². The summed E-state index contributed by atoms with van der Waals surface area (Å²) in [6.07, 6.45) is 2.26. The fourth-order valence-electron chi connectivity index (χ4n) is 3.31. The summed E-state index contributed by atoms with van der Waals surface area (Å²) >= 11 is 4.64. The van der Waals surface area contributed by atoms with E-state index in [1.54, 1.807) is 0 Å². The van der Waals surface area contributed by atoms with Gasteiger partial charge in [-0.3, -0.25) is 0 Å². The van der Waals surface area contributed by atoms with E-state index in [1.165, 1.54) is 11.4 Å². The second-order valence-corrected chi connectivity index (χ2v) is 6.42. The van der Waals surface area contributed by atoms with Crippen molar-refractivity contribution in [3.05, 3.63) is 24.3 Å². The van der Waals surface area contributed by atoms with Gasteiger partial charge in [0.15, 0.2) is 0 Å². The highest BCUT2D eigenvalue weighted by molar-refractivity contribution is 7.80. The summed E-state index contributed by atoms with van der Waals surface area (Å²) in [5.41, 5.74) is 3.03. The summed E-state index contributed by atoms with van der Waals surface area (Å²) in [5, 5.41) is 0. The highest BCUT2D eigenvalue weighted by Gasteiger charge is 2.34. The monoisotopic (exact) mass is 292 g/mol. The zero-order valence-corrected chi connectivity index (χ0v) is 13.1. The van der Waals surface area contributed by atoms with Crippen molar-refractivity contribution >= 4 is 24.0 Å². The largest absolute Gasteiger partial charge is 0.381 e. The molecule has 0 aliphatic carbocycles. The van der Waals surface area contributed by atoms with Crippen LogP contribution in [0.1, 0.15) is 12.8 Å². The molecule has 110 valence electrons. The van der Waals surface area contributed by atoms with Crippen LogP contribution in [-0.4, -0.2) is 45.6 Å². The molecule has 0 aromatic heterocycles. The van der Waals surface area contributed by atoms with Gasteiger partial charge in [0.2, 0.25) is 0 Å². The zero-order chi connectivity index (χ0) is 14.0. The minimum atomic E-state index is 0.310. The molecule has 4 heteroatoms. The van der Waals surface area contributed by atoms with E-state index in [4.69, 9.17) is 4.74 Å². The van der Waals surface area contributed by atoms with E-state index < -0.39 is 0 Å². The van der Waals surface area contributed by atoms with Crippen molar-refractivity contribution in [1.29, 1.82) is 0 Å². The Morgan fingerprint density at radius 1 is 1.15 bits per heavy atom. The Morgan fingerprint density at radius 2 is 1.85 bits per heavy atom. The van der Waals surface area contributed by atoms with Gasteiger partial charge in [0.1, 0.15) is 0 Å². The third kappa shape index (κ3) is 2.63. The molecule has 0 atom stereocenters. The highest BCUT2D eigenvalue weighted by Crippen LogP contribution is 2.38. The summed E-state index contributed by atoms with van der Waals surface area (Å²) in [6.45, 7) is 5.07. The van der Waals surface area contributed by atoms with Crippen molar-refractivity contribution in [2.45, 2.75) is 12.8 Å². The molecule has 1 aromatic carbocycles. The maximum absolute atomic E-state index is 5.54. The number of likely N-dealkylation sites (N-methyl/N-ethyl adjacent to an activating group) is 1. The molecule has 1 saturated heterocycles. The predicted molar refractivity (Wildman–Crippen MR) is 88.3 cm³/mol. The van der Waals surface area contributed by atoms with Gasteiger partial charge in [0.05, 0.1) is 11.4 Å². The summed E-state index contributed by atoms with van der Waals surface area (Å²) in [7, 11) is 2.18. The third-order valence-corrected chi connectivity index (χ3v) is 5.42. The zero-order valence-electron chi connectivity index (χ0n) is 12.2. The van der Waals surface area contributed by atoms with Crippen LogP contribution in [0.5, 0.6) is 0 Å². The predicted octanol–water partition coefficient (Wildman–Crippen LogP) is 2.67. The molecule has 0 N–H and O–H groups in total.